The van der Waals surface area contributed by atoms with E-state index >= 15 is 0 Å². The van der Waals surface area contributed by atoms with Gasteiger partial charge < -0.3 is 0 Å². The molecule has 0 saturated heterocycles. The molecule has 0 aliphatic rings. The fraction of sp³-hybridized carbons (Fsp3) is 0.500. The van der Waals surface area contributed by atoms with E-state index in [-0.39, 0.29) is 32.8 Å². The highest BCUT2D eigenvalue weighted by Gasteiger charge is 2.21. The van der Waals surface area contributed by atoms with Crippen LogP contribution in [0, 0.1) is 0 Å². The molecule has 1 heterocycles. The maximum atomic E-state index is 11.9. The molecule has 0 amide bonds. The molecule has 6 nitrogen and oxygen atoms in total. The highest BCUT2D eigenvalue weighted by atomic mass is 32.2. The molecule has 1 aromatic rings. The monoisotopic (exact) mass is 345 g/mol. The summed E-state index contributed by atoms with van der Waals surface area (Å²) < 4.78 is 0. The minimum atomic E-state index is -0.369. The normalized spacial score (nSPS) is 10.4. The fourth-order valence-corrected chi connectivity index (χ4v) is 2.68. The molecule has 9 heteroatoms. The number of carbonyl (C=O) groups is 3. The third kappa shape index (κ3) is 5.40. The van der Waals surface area contributed by atoms with Crippen LogP contribution in [0.15, 0.2) is 0 Å². The predicted octanol–water partition coefficient (Wildman–Crippen LogP) is 2.55. The van der Waals surface area contributed by atoms with Crippen molar-refractivity contribution in [3.8, 4) is 0 Å². The van der Waals surface area contributed by atoms with E-state index in [1.165, 1.54) is 0 Å². The smallest absolute Gasteiger partial charge is 0.256 e. The van der Waals surface area contributed by atoms with E-state index in [1.807, 2.05) is 20.8 Å². The van der Waals surface area contributed by atoms with Gasteiger partial charge in [0.25, 0.3) is 15.3 Å². The molecular formula is C12H15N3O3S3. The summed E-state index contributed by atoms with van der Waals surface area (Å²) >= 11 is 3.07. The number of rotatable bonds is 6. The Balaban J connectivity index is 3.22. The van der Waals surface area contributed by atoms with E-state index in [1.54, 1.807) is 0 Å². The van der Waals surface area contributed by atoms with E-state index in [0.29, 0.717) is 17.3 Å². The summed E-state index contributed by atoms with van der Waals surface area (Å²) in [6.07, 6.45) is 0. The maximum Gasteiger partial charge on any atom is 0.256 e. The highest BCUT2D eigenvalue weighted by molar-refractivity contribution is 8.14. The minimum Gasteiger partial charge on any atom is -0.278 e. The van der Waals surface area contributed by atoms with E-state index in [0.717, 1.165) is 35.3 Å². The first-order chi connectivity index (χ1) is 10.0. The average molecular weight is 345 g/mol. The minimum absolute atomic E-state index is 0.142. The van der Waals surface area contributed by atoms with E-state index in [4.69, 9.17) is 0 Å². The average Bonchev–Trinajstić information content (AvgIpc) is 2.47. The maximum absolute atomic E-state index is 11.9. The van der Waals surface area contributed by atoms with Crippen molar-refractivity contribution < 1.29 is 14.4 Å². The number of carbonyl (C=O) groups excluding carboxylic acids is 3. The van der Waals surface area contributed by atoms with Crippen LogP contribution >= 0.6 is 35.3 Å². The van der Waals surface area contributed by atoms with Crippen molar-refractivity contribution in [3.05, 3.63) is 17.5 Å². The molecular weight excluding hydrogens is 330 g/mol. The SMILES string of the molecule is CCSC(=O)c1nc(C(=O)SCC)nc(C(=O)SCC)n1. The van der Waals surface area contributed by atoms with Gasteiger partial charge in [-0.05, 0) is 17.3 Å². The Morgan fingerprint density at radius 1 is 0.667 bits per heavy atom. The van der Waals surface area contributed by atoms with Crippen molar-refractivity contribution in [2.45, 2.75) is 20.8 Å². The van der Waals surface area contributed by atoms with Gasteiger partial charge in [0, 0.05) is 0 Å². The largest absolute Gasteiger partial charge is 0.278 e. The second-order valence-corrected chi connectivity index (χ2v) is 7.18. The number of nitrogens with zero attached hydrogens (tertiary/aromatic N) is 3. The van der Waals surface area contributed by atoms with Crippen molar-refractivity contribution >= 4 is 50.6 Å². The number of hydrogen-bond donors (Lipinski definition) is 0. The Morgan fingerprint density at radius 3 is 1.10 bits per heavy atom. The van der Waals surface area contributed by atoms with Crippen molar-refractivity contribution in [3.63, 3.8) is 0 Å². The number of thioether (sulfide) groups is 3. The summed E-state index contributed by atoms with van der Waals surface area (Å²) in [6.45, 7) is 5.46. The molecule has 0 spiro atoms. The highest BCUT2D eigenvalue weighted by Crippen LogP contribution is 2.15. The van der Waals surface area contributed by atoms with Crippen molar-refractivity contribution in [2.75, 3.05) is 17.3 Å². The third-order valence-corrected chi connectivity index (χ3v) is 4.21. The van der Waals surface area contributed by atoms with Crippen LogP contribution in [0.4, 0.5) is 0 Å². The van der Waals surface area contributed by atoms with Crippen LogP contribution in [-0.4, -0.2) is 47.6 Å². The van der Waals surface area contributed by atoms with Crippen molar-refractivity contribution in [2.24, 2.45) is 0 Å². The molecule has 0 radical (unpaired) electrons. The van der Waals surface area contributed by atoms with Crippen molar-refractivity contribution in [1.82, 2.24) is 15.0 Å². The van der Waals surface area contributed by atoms with Crippen molar-refractivity contribution in [1.29, 1.82) is 0 Å². The number of hydrogen-bond acceptors (Lipinski definition) is 9. The van der Waals surface area contributed by atoms with Gasteiger partial charge in [0.1, 0.15) is 0 Å². The summed E-state index contributed by atoms with van der Waals surface area (Å²) in [4.78, 5) is 47.3. The lowest BCUT2D eigenvalue weighted by molar-refractivity contribution is 0.107. The van der Waals surface area contributed by atoms with Crippen LogP contribution in [0.1, 0.15) is 52.6 Å². The molecule has 0 aliphatic carbocycles. The van der Waals surface area contributed by atoms with Gasteiger partial charge in [0.15, 0.2) is 0 Å². The molecule has 114 valence electrons. The summed E-state index contributed by atoms with van der Waals surface area (Å²) in [5.74, 6) is 1.25. The zero-order valence-corrected chi connectivity index (χ0v) is 14.4. The second kappa shape index (κ2) is 9.16. The first kappa shape index (κ1) is 18.1. The lowest BCUT2D eigenvalue weighted by atomic mass is 10.5. The van der Waals surface area contributed by atoms with Gasteiger partial charge in [-0.1, -0.05) is 56.1 Å². The van der Waals surface area contributed by atoms with Gasteiger partial charge in [0.2, 0.25) is 17.5 Å². The molecule has 0 atom stereocenters. The molecule has 1 aromatic heterocycles. The summed E-state index contributed by atoms with van der Waals surface area (Å²) in [5.41, 5.74) is 0. The van der Waals surface area contributed by atoms with Gasteiger partial charge in [0.05, 0.1) is 0 Å². The Labute approximate surface area is 135 Å². The van der Waals surface area contributed by atoms with Crippen LogP contribution in [-0.2, 0) is 0 Å². The molecule has 0 aliphatic heterocycles. The summed E-state index contributed by atoms with van der Waals surface area (Å²) in [5, 5.41) is -1.11. The molecule has 0 aromatic carbocycles. The quantitative estimate of drug-likeness (QED) is 0.771. The summed E-state index contributed by atoms with van der Waals surface area (Å²) in [6, 6.07) is 0. The Morgan fingerprint density at radius 2 is 0.905 bits per heavy atom. The Hall–Kier alpha value is -0.930. The zero-order valence-electron chi connectivity index (χ0n) is 11.9. The van der Waals surface area contributed by atoms with Crippen LogP contribution in [0.25, 0.3) is 0 Å². The van der Waals surface area contributed by atoms with Crippen LogP contribution in [0.5, 0.6) is 0 Å². The van der Waals surface area contributed by atoms with Gasteiger partial charge in [-0.3, -0.25) is 14.4 Å². The molecule has 0 fully saturated rings. The zero-order chi connectivity index (χ0) is 15.8. The topological polar surface area (TPSA) is 89.9 Å². The van der Waals surface area contributed by atoms with E-state index < -0.39 is 0 Å². The van der Waals surface area contributed by atoms with E-state index in [9.17, 15) is 14.4 Å². The molecule has 1 rings (SSSR count). The van der Waals surface area contributed by atoms with Crippen LogP contribution < -0.4 is 0 Å². The molecule has 0 N–H and O–H groups in total. The van der Waals surface area contributed by atoms with Gasteiger partial charge >= 0.3 is 0 Å². The Kier molecular flexibility index (Phi) is 7.91. The fourth-order valence-electron chi connectivity index (χ4n) is 1.24. The van der Waals surface area contributed by atoms with E-state index in [2.05, 4.69) is 15.0 Å². The predicted molar refractivity (Wildman–Crippen MR) is 87.2 cm³/mol. The van der Waals surface area contributed by atoms with Crippen LogP contribution in [0.3, 0.4) is 0 Å². The van der Waals surface area contributed by atoms with Gasteiger partial charge in [-0.15, -0.1) is 0 Å². The Bertz CT molecular complexity index is 463. The third-order valence-electron chi connectivity index (χ3n) is 2.01. The lowest BCUT2D eigenvalue weighted by Gasteiger charge is -2.04. The molecule has 0 saturated carbocycles. The van der Waals surface area contributed by atoms with Crippen LogP contribution in [0.2, 0.25) is 0 Å². The summed E-state index contributed by atoms with van der Waals surface area (Å²) in [7, 11) is 0. The first-order valence-electron chi connectivity index (χ1n) is 6.30. The first-order valence-corrected chi connectivity index (χ1v) is 9.26. The second-order valence-electron chi connectivity index (χ2n) is 3.47. The van der Waals surface area contributed by atoms with Gasteiger partial charge in [-0.2, -0.15) is 0 Å². The van der Waals surface area contributed by atoms with Gasteiger partial charge in [-0.25, -0.2) is 15.0 Å². The molecule has 21 heavy (non-hydrogen) atoms. The lowest BCUT2D eigenvalue weighted by Crippen LogP contribution is -2.16. The number of aromatic nitrogens is 3. The molecule has 0 bridgehead atoms. The molecule has 0 unspecified atom stereocenters. The standard InChI is InChI=1S/C12H15N3O3S3/c1-4-19-10(16)7-13-8(11(17)20-5-2)15-9(14-7)12(18)21-6-3/h4-6H2,1-3H3.